The molecule has 0 aliphatic rings. The van der Waals surface area contributed by atoms with Crippen LogP contribution in [-0.4, -0.2) is 49.4 Å². The molecule has 0 unspecified atom stereocenters. The number of nitrogens with one attached hydrogen (secondary N) is 1. The SMILES string of the molecule is CCc1ncc(S(=O)(=O)N(C)CCCC(=O)OC)[nH]1. The van der Waals surface area contributed by atoms with Crippen LogP contribution in [0, 0.1) is 0 Å². The molecule has 0 aliphatic heterocycles. The largest absolute Gasteiger partial charge is 0.469 e. The molecule has 0 aliphatic carbocycles. The summed E-state index contributed by atoms with van der Waals surface area (Å²) >= 11 is 0. The zero-order chi connectivity index (χ0) is 14.5. The molecule has 0 amide bonds. The molecule has 1 heterocycles. The van der Waals surface area contributed by atoms with Gasteiger partial charge in [-0.3, -0.25) is 4.79 Å². The molecule has 7 nitrogen and oxygen atoms in total. The number of H-pyrrole nitrogens is 1. The van der Waals surface area contributed by atoms with Crippen molar-refractivity contribution >= 4 is 16.0 Å². The topological polar surface area (TPSA) is 92.4 Å². The fourth-order valence-electron chi connectivity index (χ4n) is 1.49. The fourth-order valence-corrected chi connectivity index (χ4v) is 2.63. The minimum Gasteiger partial charge on any atom is -0.469 e. The lowest BCUT2D eigenvalue weighted by atomic mass is 10.3. The molecule has 1 aromatic rings. The van der Waals surface area contributed by atoms with Crippen LogP contribution in [0.15, 0.2) is 11.2 Å². The van der Waals surface area contributed by atoms with E-state index in [2.05, 4.69) is 14.7 Å². The first-order valence-electron chi connectivity index (χ1n) is 5.98. The van der Waals surface area contributed by atoms with Gasteiger partial charge in [0.15, 0.2) is 5.03 Å². The average Bonchev–Trinajstić information content (AvgIpc) is 2.87. The van der Waals surface area contributed by atoms with Gasteiger partial charge in [-0.15, -0.1) is 0 Å². The highest BCUT2D eigenvalue weighted by atomic mass is 32.2. The number of carbonyl (C=O) groups is 1. The molecule has 108 valence electrons. The maximum atomic E-state index is 12.1. The van der Waals surface area contributed by atoms with E-state index >= 15 is 0 Å². The zero-order valence-electron chi connectivity index (χ0n) is 11.3. The number of rotatable bonds is 7. The van der Waals surface area contributed by atoms with Gasteiger partial charge >= 0.3 is 5.97 Å². The van der Waals surface area contributed by atoms with Crippen molar-refractivity contribution in [3.63, 3.8) is 0 Å². The molecule has 0 bridgehead atoms. The van der Waals surface area contributed by atoms with E-state index in [1.165, 1.54) is 24.7 Å². The van der Waals surface area contributed by atoms with Gasteiger partial charge in [-0.2, -0.15) is 4.31 Å². The predicted octanol–water partition coefficient (Wildman–Crippen LogP) is 0.546. The first kappa shape index (κ1) is 15.6. The summed E-state index contributed by atoms with van der Waals surface area (Å²) in [7, 11) is -0.793. The van der Waals surface area contributed by atoms with E-state index < -0.39 is 10.0 Å². The van der Waals surface area contributed by atoms with Crippen LogP contribution >= 0.6 is 0 Å². The molecule has 19 heavy (non-hydrogen) atoms. The number of hydrogen-bond donors (Lipinski definition) is 1. The van der Waals surface area contributed by atoms with E-state index in [9.17, 15) is 13.2 Å². The van der Waals surface area contributed by atoms with Crippen LogP contribution in [0.25, 0.3) is 0 Å². The van der Waals surface area contributed by atoms with Crippen molar-refractivity contribution in [3.05, 3.63) is 12.0 Å². The van der Waals surface area contributed by atoms with Gasteiger partial charge in [-0.1, -0.05) is 6.92 Å². The third-order valence-corrected chi connectivity index (χ3v) is 4.48. The van der Waals surface area contributed by atoms with E-state index in [-0.39, 0.29) is 24.0 Å². The second-order valence-corrected chi connectivity index (χ2v) is 6.07. The number of hydrogen-bond acceptors (Lipinski definition) is 5. The summed E-state index contributed by atoms with van der Waals surface area (Å²) < 4.78 is 30.0. The number of imidazole rings is 1. The first-order chi connectivity index (χ1) is 8.91. The Morgan fingerprint density at radius 3 is 2.74 bits per heavy atom. The lowest BCUT2D eigenvalue weighted by Crippen LogP contribution is -2.28. The van der Waals surface area contributed by atoms with E-state index in [0.717, 1.165) is 0 Å². The van der Waals surface area contributed by atoms with Gasteiger partial charge in [0.05, 0.1) is 13.3 Å². The number of aromatic amines is 1. The summed E-state index contributed by atoms with van der Waals surface area (Å²) in [5.74, 6) is 0.280. The van der Waals surface area contributed by atoms with Crippen molar-refractivity contribution in [1.82, 2.24) is 14.3 Å². The second kappa shape index (κ2) is 6.67. The standard InChI is InChI=1S/C11H19N3O4S/c1-4-9-12-8-10(13-9)19(16,17)14(2)7-5-6-11(15)18-3/h8H,4-7H2,1-3H3,(H,12,13). The van der Waals surface area contributed by atoms with Crippen molar-refractivity contribution in [2.75, 3.05) is 20.7 Å². The van der Waals surface area contributed by atoms with Gasteiger partial charge in [0.2, 0.25) is 0 Å². The summed E-state index contributed by atoms with van der Waals surface area (Å²) in [6.07, 6.45) is 2.56. The predicted molar refractivity (Wildman–Crippen MR) is 69.0 cm³/mol. The number of aromatic nitrogens is 2. The van der Waals surface area contributed by atoms with Gasteiger partial charge in [0.25, 0.3) is 10.0 Å². The summed E-state index contributed by atoms with van der Waals surface area (Å²) in [6.45, 7) is 2.13. The van der Waals surface area contributed by atoms with E-state index in [4.69, 9.17) is 0 Å². The Kier molecular flexibility index (Phi) is 5.49. The molecule has 0 aromatic carbocycles. The lowest BCUT2D eigenvalue weighted by molar-refractivity contribution is -0.140. The van der Waals surface area contributed by atoms with E-state index in [1.807, 2.05) is 6.92 Å². The van der Waals surface area contributed by atoms with Crippen LogP contribution < -0.4 is 0 Å². The van der Waals surface area contributed by atoms with Gasteiger partial charge in [-0.05, 0) is 6.42 Å². The van der Waals surface area contributed by atoms with Crippen LogP contribution in [0.2, 0.25) is 0 Å². The van der Waals surface area contributed by atoms with Crippen LogP contribution in [0.3, 0.4) is 0 Å². The Bertz CT molecular complexity index is 524. The summed E-state index contributed by atoms with van der Waals surface area (Å²) in [6, 6.07) is 0. The highest BCUT2D eigenvalue weighted by Crippen LogP contribution is 2.12. The number of carbonyl (C=O) groups excluding carboxylic acids is 1. The zero-order valence-corrected chi connectivity index (χ0v) is 12.2. The van der Waals surface area contributed by atoms with Gasteiger partial charge < -0.3 is 9.72 Å². The number of nitrogens with zero attached hydrogens (tertiary/aromatic N) is 2. The minimum atomic E-state index is -3.57. The van der Waals surface area contributed by atoms with Crippen molar-refractivity contribution in [3.8, 4) is 0 Å². The van der Waals surface area contributed by atoms with Gasteiger partial charge in [-0.25, -0.2) is 13.4 Å². The number of methoxy groups -OCH3 is 1. The normalized spacial score (nSPS) is 11.8. The quantitative estimate of drug-likeness (QED) is 0.740. The van der Waals surface area contributed by atoms with Crippen LogP contribution in [-0.2, 0) is 26.0 Å². The molecular formula is C11H19N3O4S. The maximum absolute atomic E-state index is 12.1. The highest BCUT2D eigenvalue weighted by molar-refractivity contribution is 7.89. The Hall–Kier alpha value is -1.41. The second-order valence-electron chi connectivity index (χ2n) is 4.05. The number of aryl methyl sites for hydroxylation is 1. The molecule has 0 spiro atoms. The first-order valence-corrected chi connectivity index (χ1v) is 7.42. The van der Waals surface area contributed by atoms with Gasteiger partial charge in [0, 0.05) is 26.4 Å². The molecule has 1 aromatic heterocycles. The van der Waals surface area contributed by atoms with E-state index in [1.54, 1.807) is 0 Å². The molecule has 0 fully saturated rings. The summed E-state index contributed by atoms with van der Waals surface area (Å²) in [5.41, 5.74) is 0. The van der Waals surface area contributed by atoms with Crippen molar-refractivity contribution in [1.29, 1.82) is 0 Å². The third-order valence-electron chi connectivity index (χ3n) is 2.71. The van der Waals surface area contributed by atoms with Crippen molar-refractivity contribution in [2.24, 2.45) is 0 Å². The molecule has 0 radical (unpaired) electrons. The monoisotopic (exact) mass is 289 g/mol. The smallest absolute Gasteiger partial charge is 0.305 e. The summed E-state index contributed by atoms with van der Waals surface area (Å²) in [4.78, 5) is 17.7. The van der Waals surface area contributed by atoms with Crippen LogP contribution in [0.5, 0.6) is 0 Å². The van der Waals surface area contributed by atoms with Crippen molar-refractivity contribution in [2.45, 2.75) is 31.2 Å². The number of sulfonamides is 1. The van der Waals surface area contributed by atoms with Crippen LogP contribution in [0.1, 0.15) is 25.6 Å². The van der Waals surface area contributed by atoms with Gasteiger partial charge in [0.1, 0.15) is 5.82 Å². The minimum absolute atomic E-state index is 0.0740. The maximum Gasteiger partial charge on any atom is 0.305 e. The molecular weight excluding hydrogens is 270 g/mol. The Morgan fingerprint density at radius 1 is 1.53 bits per heavy atom. The van der Waals surface area contributed by atoms with Crippen molar-refractivity contribution < 1.29 is 17.9 Å². The molecule has 1 rings (SSSR count). The molecule has 1 N–H and O–H groups in total. The van der Waals surface area contributed by atoms with E-state index in [0.29, 0.717) is 18.7 Å². The Morgan fingerprint density at radius 2 is 2.21 bits per heavy atom. The Labute approximate surface area is 113 Å². The van der Waals surface area contributed by atoms with Crippen LogP contribution in [0.4, 0.5) is 0 Å². The number of esters is 1. The molecule has 8 heteroatoms. The lowest BCUT2D eigenvalue weighted by Gasteiger charge is -2.15. The fraction of sp³-hybridized carbons (Fsp3) is 0.636. The Balaban J connectivity index is 2.64. The number of ether oxygens (including phenoxy) is 1. The average molecular weight is 289 g/mol. The molecule has 0 saturated heterocycles. The molecule has 0 atom stereocenters. The summed E-state index contributed by atoms with van der Waals surface area (Å²) in [5, 5.41) is 0.0740. The molecule has 0 saturated carbocycles. The highest BCUT2D eigenvalue weighted by Gasteiger charge is 2.22. The third kappa shape index (κ3) is 4.03.